The third-order valence-electron chi connectivity index (χ3n) is 3.28. The molecule has 1 amide bonds. The highest BCUT2D eigenvalue weighted by molar-refractivity contribution is 5.81. The number of hydrogen-bond acceptors (Lipinski definition) is 9. The first-order valence-corrected chi connectivity index (χ1v) is 8.51. The van der Waals surface area contributed by atoms with E-state index in [2.05, 4.69) is 20.3 Å². The fourth-order valence-electron chi connectivity index (χ4n) is 2.10. The van der Waals surface area contributed by atoms with Gasteiger partial charge in [-0.15, -0.1) is 0 Å². The molecule has 154 valence electrons. The van der Waals surface area contributed by atoms with E-state index in [9.17, 15) is 14.4 Å². The number of carbonyl (C=O) groups is 2. The van der Waals surface area contributed by atoms with Gasteiger partial charge >= 0.3 is 12.1 Å². The van der Waals surface area contributed by atoms with E-state index in [1.54, 1.807) is 20.8 Å². The van der Waals surface area contributed by atoms with Crippen LogP contribution in [0.15, 0.2) is 11.1 Å². The lowest BCUT2D eigenvalue weighted by Gasteiger charge is -2.21. The highest BCUT2D eigenvalue weighted by Gasteiger charge is 2.21. The molecular weight excluding hydrogens is 372 g/mol. The molecule has 0 aromatic carbocycles. The summed E-state index contributed by atoms with van der Waals surface area (Å²) in [6.45, 7) is 6.74. The quantitative estimate of drug-likeness (QED) is 0.436. The predicted octanol–water partition coefficient (Wildman–Crippen LogP) is 0.132. The topological polar surface area (TPSA) is 163 Å². The van der Waals surface area contributed by atoms with Crippen LogP contribution in [-0.4, -0.2) is 56.4 Å². The van der Waals surface area contributed by atoms with Crippen molar-refractivity contribution in [2.75, 3.05) is 18.9 Å². The molecule has 12 nitrogen and oxygen atoms in total. The van der Waals surface area contributed by atoms with Crippen LogP contribution in [-0.2, 0) is 25.7 Å². The maximum atomic E-state index is 11.9. The minimum atomic E-state index is -0.869. The summed E-state index contributed by atoms with van der Waals surface area (Å²) < 4.78 is 17.0. The summed E-state index contributed by atoms with van der Waals surface area (Å²) in [6, 6.07) is -0.869. The number of alkyl carbamates (subject to hydrolysis) is 1. The number of esters is 1. The van der Waals surface area contributed by atoms with Gasteiger partial charge in [-0.25, -0.2) is 14.6 Å². The number of imidazole rings is 1. The first kappa shape index (κ1) is 21.2. The summed E-state index contributed by atoms with van der Waals surface area (Å²) in [5.74, 6) is -0.650. The Morgan fingerprint density at radius 2 is 2.07 bits per heavy atom. The minimum Gasteiger partial charge on any atom is -0.462 e. The van der Waals surface area contributed by atoms with E-state index in [0.717, 1.165) is 0 Å². The number of nitrogen functional groups attached to an aromatic ring is 1. The van der Waals surface area contributed by atoms with Crippen molar-refractivity contribution in [2.45, 2.75) is 46.1 Å². The average Bonchev–Trinajstić information content (AvgIpc) is 2.95. The van der Waals surface area contributed by atoms with Gasteiger partial charge in [0.2, 0.25) is 5.95 Å². The summed E-state index contributed by atoms with van der Waals surface area (Å²) in [6.07, 6.45) is 0.688. The van der Waals surface area contributed by atoms with Crippen LogP contribution in [0.5, 0.6) is 0 Å². The molecule has 12 heteroatoms. The molecule has 2 rings (SSSR count). The molecule has 0 unspecified atom stereocenters. The van der Waals surface area contributed by atoms with E-state index in [1.165, 1.54) is 17.8 Å². The Morgan fingerprint density at radius 1 is 1.36 bits per heavy atom. The minimum absolute atomic E-state index is 0.0258. The molecule has 0 radical (unpaired) electrons. The van der Waals surface area contributed by atoms with Gasteiger partial charge in [-0.05, 0) is 27.7 Å². The van der Waals surface area contributed by atoms with Crippen LogP contribution in [0.25, 0.3) is 11.2 Å². The smallest absolute Gasteiger partial charge is 0.408 e. The summed E-state index contributed by atoms with van der Waals surface area (Å²) >= 11 is 0. The molecule has 2 heterocycles. The van der Waals surface area contributed by atoms with Crippen molar-refractivity contribution in [1.29, 1.82) is 0 Å². The molecule has 2 aromatic rings. The van der Waals surface area contributed by atoms with Gasteiger partial charge in [0.05, 0.1) is 12.9 Å². The SMILES string of the molecule is C[C@H](NC(=O)OC(C)(C)C)C(=O)OCCOCn1cnc2c(=O)[nH]c(N)nc21. The van der Waals surface area contributed by atoms with Crippen molar-refractivity contribution in [1.82, 2.24) is 24.8 Å². The van der Waals surface area contributed by atoms with Crippen LogP contribution < -0.4 is 16.6 Å². The van der Waals surface area contributed by atoms with E-state index in [4.69, 9.17) is 19.9 Å². The number of nitrogens with zero attached hydrogens (tertiary/aromatic N) is 3. The van der Waals surface area contributed by atoms with E-state index < -0.39 is 29.3 Å². The number of ether oxygens (including phenoxy) is 3. The second-order valence-corrected chi connectivity index (χ2v) is 6.91. The maximum absolute atomic E-state index is 11.9. The second kappa shape index (κ2) is 8.69. The maximum Gasteiger partial charge on any atom is 0.408 e. The zero-order valence-electron chi connectivity index (χ0n) is 16.1. The Bertz CT molecular complexity index is 899. The molecular formula is C16H24N6O6. The number of amides is 1. The predicted molar refractivity (Wildman–Crippen MR) is 98.3 cm³/mol. The van der Waals surface area contributed by atoms with E-state index in [-0.39, 0.29) is 37.1 Å². The molecule has 0 aliphatic rings. The van der Waals surface area contributed by atoms with Crippen molar-refractivity contribution in [3.05, 3.63) is 16.7 Å². The Hall–Kier alpha value is -3.15. The zero-order valence-corrected chi connectivity index (χ0v) is 16.1. The molecule has 0 spiro atoms. The lowest BCUT2D eigenvalue weighted by atomic mass is 10.2. The fraction of sp³-hybridized carbons (Fsp3) is 0.562. The van der Waals surface area contributed by atoms with Gasteiger partial charge < -0.3 is 25.3 Å². The molecule has 1 atom stereocenters. The van der Waals surface area contributed by atoms with Crippen molar-refractivity contribution in [3.8, 4) is 0 Å². The Kier molecular flexibility index (Phi) is 6.57. The third kappa shape index (κ3) is 5.94. The van der Waals surface area contributed by atoms with Gasteiger partial charge in [0.1, 0.15) is 25.0 Å². The number of carbonyl (C=O) groups excluding carboxylic acids is 2. The molecule has 0 fully saturated rings. The number of H-pyrrole nitrogens is 1. The van der Waals surface area contributed by atoms with Crippen LogP contribution in [0.1, 0.15) is 27.7 Å². The van der Waals surface area contributed by atoms with Crippen LogP contribution in [0.2, 0.25) is 0 Å². The summed E-state index contributed by atoms with van der Waals surface area (Å²) in [4.78, 5) is 45.5. The van der Waals surface area contributed by atoms with Crippen molar-refractivity contribution in [3.63, 3.8) is 0 Å². The molecule has 0 saturated heterocycles. The van der Waals surface area contributed by atoms with Gasteiger partial charge in [0.15, 0.2) is 11.2 Å². The molecule has 0 saturated carbocycles. The molecule has 0 aliphatic carbocycles. The van der Waals surface area contributed by atoms with Crippen LogP contribution in [0.4, 0.5) is 10.7 Å². The summed E-state index contributed by atoms with van der Waals surface area (Å²) in [5, 5.41) is 2.39. The number of aromatic amines is 1. The van der Waals surface area contributed by atoms with Crippen LogP contribution in [0, 0.1) is 0 Å². The van der Waals surface area contributed by atoms with Crippen LogP contribution in [0.3, 0.4) is 0 Å². The van der Waals surface area contributed by atoms with Gasteiger partial charge in [0.25, 0.3) is 5.56 Å². The molecule has 4 N–H and O–H groups in total. The van der Waals surface area contributed by atoms with Gasteiger partial charge in [-0.1, -0.05) is 0 Å². The average molecular weight is 396 g/mol. The molecule has 0 bridgehead atoms. The number of aromatic nitrogens is 4. The Morgan fingerprint density at radius 3 is 2.75 bits per heavy atom. The first-order valence-electron chi connectivity index (χ1n) is 8.51. The van der Waals surface area contributed by atoms with Crippen molar-refractivity contribution in [2.24, 2.45) is 0 Å². The normalized spacial score (nSPS) is 12.6. The van der Waals surface area contributed by atoms with Crippen molar-refractivity contribution < 1.29 is 23.8 Å². The first-order chi connectivity index (χ1) is 13.1. The second-order valence-electron chi connectivity index (χ2n) is 6.91. The highest BCUT2D eigenvalue weighted by Crippen LogP contribution is 2.07. The standard InChI is InChI=1S/C16H24N6O6/c1-9(19-15(25)28-16(2,3)4)13(24)27-6-5-26-8-22-7-18-10-11(22)20-14(17)21-12(10)23/h7,9H,5-6,8H2,1-4H3,(H,19,25)(H3,17,20,21,23)/t9-/m0/s1. The lowest BCUT2D eigenvalue weighted by molar-refractivity contribution is -0.147. The van der Waals surface area contributed by atoms with Gasteiger partial charge in [-0.2, -0.15) is 4.98 Å². The largest absolute Gasteiger partial charge is 0.462 e. The number of nitrogens with one attached hydrogen (secondary N) is 2. The van der Waals surface area contributed by atoms with Crippen LogP contribution >= 0.6 is 0 Å². The summed E-state index contributed by atoms with van der Waals surface area (Å²) in [7, 11) is 0. The zero-order chi connectivity index (χ0) is 20.9. The molecule has 0 aliphatic heterocycles. The van der Waals surface area contributed by atoms with Crippen molar-refractivity contribution >= 4 is 29.2 Å². The molecule has 2 aromatic heterocycles. The van der Waals surface area contributed by atoms with E-state index in [1.807, 2.05) is 0 Å². The fourth-order valence-corrected chi connectivity index (χ4v) is 2.10. The van der Waals surface area contributed by atoms with E-state index >= 15 is 0 Å². The lowest BCUT2D eigenvalue weighted by Crippen LogP contribution is -2.42. The molecule has 28 heavy (non-hydrogen) atoms. The summed E-state index contributed by atoms with van der Waals surface area (Å²) in [5.41, 5.74) is 4.84. The Labute approximate surface area is 160 Å². The monoisotopic (exact) mass is 396 g/mol. The number of hydrogen-bond donors (Lipinski definition) is 3. The number of anilines is 1. The number of nitrogens with two attached hydrogens (primary N) is 1. The number of fused-ring (bicyclic) bond motifs is 1. The van der Waals surface area contributed by atoms with Gasteiger partial charge in [-0.3, -0.25) is 14.3 Å². The highest BCUT2D eigenvalue weighted by atomic mass is 16.6. The third-order valence-corrected chi connectivity index (χ3v) is 3.28. The van der Waals surface area contributed by atoms with Gasteiger partial charge in [0, 0.05) is 0 Å². The van der Waals surface area contributed by atoms with E-state index in [0.29, 0.717) is 0 Å². The Balaban J connectivity index is 1.74. The number of rotatable bonds is 7.